The quantitative estimate of drug-likeness (QED) is 0.444. The molecule has 3 aromatic rings. The van der Waals surface area contributed by atoms with E-state index in [0.717, 1.165) is 59.9 Å². The van der Waals surface area contributed by atoms with E-state index in [4.69, 9.17) is 4.74 Å². The van der Waals surface area contributed by atoms with Crippen LogP contribution in [0.25, 0.3) is 10.2 Å². The molecule has 10 nitrogen and oxygen atoms in total. The van der Waals surface area contributed by atoms with Crippen molar-refractivity contribution < 1.29 is 9.53 Å². The number of rotatable bonds is 6. The fourth-order valence-corrected chi connectivity index (χ4v) is 5.96. The van der Waals surface area contributed by atoms with E-state index >= 15 is 0 Å². The number of H-pyrrole nitrogens is 1. The number of ether oxygens (including phenoxy) is 1. The molecule has 2 amide bonds. The Labute approximate surface area is 222 Å². The number of anilines is 2. The smallest absolute Gasteiger partial charge is 0.318 e. The summed E-state index contributed by atoms with van der Waals surface area (Å²) in [7, 11) is 4.10. The molecule has 1 fully saturated rings. The number of hydrogen-bond acceptors (Lipinski definition) is 8. The van der Waals surface area contributed by atoms with Gasteiger partial charge in [-0.3, -0.25) is 5.10 Å². The Morgan fingerprint density at radius 1 is 1.31 bits per heavy atom. The number of carbonyl (C=O) groups is 1. The molecule has 0 radical (unpaired) electrons. The third-order valence-corrected chi connectivity index (χ3v) is 7.98. The molecule has 5 rings (SSSR count). The zero-order chi connectivity index (χ0) is 24.7. The van der Waals surface area contributed by atoms with E-state index in [1.807, 2.05) is 37.4 Å². The van der Waals surface area contributed by atoms with Crippen molar-refractivity contribution in [2.75, 3.05) is 39.2 Å². The summed E-state index contributed by atoms with van der Waals surface area (Å²) < 4.78 is 6.54. The molecular formula is C24H36N8O2S2. The maximum absolute atomic E-state index is 13.6. The van der Waals surface area contributed by atoms with Crippen molar-refractivity contribution >= 4 is 52.7 Å². The second-order valence-electron chi connectivity index (χ2n) is 10.2. The van der Waals surface area contributed by atoms with Gasteiger partial charge in [0.1, 0.15) is 5.82 Å². The van der Waals surface area contributed by atoms with Crippen LogP contribution in [-0.4, -0.2) is 75.9 Å². The fourth-order valence-electron chi connectivity index (χ4n) is 5.18. The highest BCUT2D eigenvalue weighted by Crippen LogP contribution is 2.41. The van der Waals surface area contributed by atoms with Crippen LogP contribution in [0.5, 0.6) is 0 Å². The average molecular weight is 533 g/mol. The normalized spacial score (nSPS) is 18.2. The predicted octanol–water partition coefficient (Wildman–Crippen LogP) is 3.70. The van der Waals surface area contributed by atoms with Crippen molar-refractivity contribution in [2.45, 2.75) is 51.7 Å². The Balaban J connectivity index is 0.00000304. The zero-order valence-electron chi connectivity index (χ0n) is 21.5. The summed E-state index contributed by atoms with van der Waals surface area (Å²) in [5.74, 6) is 2.55. The van der Waals surface area contributed by atoms with Gasteiger partial charge in [0.25, 0.3) is 0 Å². The molecule has 36 heavy (non-hydrogen) atoms. The van der Waals surface area contributed by atoms with Crippen molar-refractivity contribution in [3.8, 4) is 0 Å². The number of nitrogens with zero attached hydrogens (tertiary/aromatic N) is 5. The number of amides is 2. The summed E-state index contributed by atoms with van der Waals surface area (Å²) >= 11 is 1.60. The number of aryl methyl sites for hydroxylation is 1. The van der Waals surface area contributed by atoms with Crippen LogP contribution < -0.4 is 10.6 Å². The van der Waals surface area contributed by atoms with E-state index < -0.39 is 5.54 Å². The van der Waals surface area contributed by atoms with E-state index in [-0.39, 0.29) is 25.6 Å². The Kier molecular flexibility index (Phi) is 7.79. The standard InChI is InChI=1S/C24H34N8O2S.H2S/c1-14-25-17-8-11-35-19(17)22(26-14)28-21-16-12-32(24(2,3)20(16)29-30-21)23(33)27-18(13-31(4)5)15-6-9-34-10-7-15;/h8,11,15,18H,6-7,9-10,12-13H2,1-5H3,(H,27,33)(H2,25,26,28,29,30);1H2/t18-;/m1./s1. The summed E-state index contributed by atoms with van der Waals surface area (Å²) in [6.45, 7) is 8.77. The SMILES string of the molecule is Cc1nc(Nc2n[nH]c3c2CN(C(=O)N[C@H](CN(C)C)C2CCOCC2)C3(C)C)c2sccc2n1.S. The largest absolute Gasteiger partial charge is 0.381 e. The minimum Gasteiger partial charge on any atom is -0.381 e. The van der Waals surface area contributed by atoms with E-state index in [9.17, 15) is 4.79 Å². The molecule has 3 aromatic heterocycles. The van der Waals surface area contributed by atoms with Gasteiger partial charge in [-0.2, -0.15) is 18.6 Å². The molecule has 196 valence electrons. The van der Waals surface area contributed by atoms with Gasteiger partial charge in [0.15, 0.2) is 11.6 Å². The Morgan fingerprint density at radius 3 is 2.78 bits per heavy atom. The molecule has 3 N–H and O–H groups in total. The molecule has 0 saturated carbocycles. The number of aromatic amines is 1. The first-order valence-electron chi connectivity index (χ1n) is 12.1. The Hall–Kier alpha value is -2.41. The maximum Gasteiger partial charge on any atom is 0.318 e. The number of likely N-dealkylation sites (N-methyl/N-ethyl adjacent to an activating group) is 1. The molecule has 0 aromatic carbocycles. The minimum absolute atomic E-state index is 0. The number of carbonyl (C=O) groups excluding carboxylic acids is 1. The van der Waals surface area contributed by atoms with E-state index in [1.165, 1.54) is 0 Å². The molecule has 5 heterocycles. The lowest BCUT2D eigenvalue weighted by Gasteiger charge is -2.37. The highest BCUT2D eigenvalue weighted by Gasteiger charge is 2.44. The molecular weight excluding hydrogens is 496 g/mol. The van der Waals surface area contributed by atoms with Crippen LogP contribution in [0.1, 0.15) is 43.8 Å². The van der Waals surface area contributed by atoms with Gasteiger partial charge in [0.2, 0.25) is 0 Å². The lowest BCUT2D eigenvalue weighted by Crippen LogP contribution is -2.54. The van der Waals surface area contributed by atoms with Gasteiger partial charge in [-0.05, 0) is 65.1 Å². The van der Waals surface area contributed by atoms with Crippen LogP contribution in [0, 0.1) is 12.8 Å². The summed E-state index contributed by atoms with van der Waals surface area (Å²) in [5.41, 5.74) is 2.32. The average Bonchev–Trinajstić information content (AvgIpc) is 3.50. The third-order valence-electron chi connectivity index (χ3n) is 7.07. The highest BCUT2D eigenvalue weighted by atomic mass is 32.1. The summed E-state index contributed by atoms with van der Waals surface area (Å²) in [4.78, 5) is 26.8. The van der Waals surface area contributed by atoms with Crippen molar-refractivity contribution in [1.82, 2.24) is 35.3 Å². The first-order valence-corrected chi connectivity index (χ1v) is 13.0. The number of fused-ring (bicyclic) bond motifs is 2. The molecule has 1 saturated heterocycles. The van der Waals surface area contributed by atoms with E-state index in [0.29, 0.717) is 24.1 Å². The van der Waals surface area contributed by atoms with Crippen LogP contribution >= 0.6 is 24.8 Å². The minimum atomic E-state index is -0.523. The van der Waals surface area contributed by atoms with Gasteiger partial charge in [0, 0.05) is 31.4 Å². The zero-order valence-corrected chi connectivity index (χ0v) is 23.3. The van der Waals surface area contributed by atoms with E-state index in [2.05, 4.69) is 49.5 Å². The monoisotopic (exact) mass is 532 g/mol. The number of nitrogens with one attached hydrogen (secondary N) is 3. The first-order chi connectivity index (χ1) is 16.7. The van der Waals surface area contributed by atoms with Crippen LogP contribution in [-0.2, 0) is 16.8 Å². The Bertz CT molecular complexity index is 1220. The Morgan fingerprint density at radius 2 is 2.06 bits per heavy atom. The van der Waals surface area contributed by atoms with Crippen molar-refractivity contribution in [1.29, 1.82) is 0 Å². The molecule has 2 aliphatic heterocycles. The lowest BCUT2D eigenvalue weighted by atomic mass is 9.91. The predicted molar refractivity (Wildman–Crippen MR) is 147 cm³/mol. The maximum atomic E-state index is 13.6. The van der Waals surface area contributed by atoms with E-state index in [1.54, 1.807) is 11.3 Å². The molecule has 2 aliphatic rings. The fraction of sp³-hybridized carbons (Fsp3) is 0.583. The van der Waals surface area contributed by atoms with Gasteiger partial charge in [0.05, 0.1) is 28.0 Å². The molecule has 0 aliphatic carbocycles. The number of urea groups is 1. The van der Waals surface area contributed by atoms with Gasteiger partial charge in [-0.1, -0.05) is 0 Å². The molecule has 0 unspecified atom stereocenters. The van der Waals surface area contributed by atoms with Gasteiger partial charge >= 0.3 is 6.03 Å². The van der Waals surface area contributed by atoms with Crippen molar-refractivity contribution in [3.63, 3.8) is 0 Å². The third kappa shape index (κ3) is 5.04. The molecule has 0 spiro atoms. The second-order valence-corrected chi connectivity index (χ2v) is 11.1. The van der Waals surface area contributed by atoms with Crippen molar-refractivity contribution in [2.24, 2.45) is 5.92 Å². The first kappa shape index (κ1) is 26.6. The van der Waals surface area contributed by atoms with Gasteiger partial charge in [-0.15, -0.1) is 11.3 Å². The van der Waals surface area contributed by atoms with Crippen molar-refractivity contribution in [3.05, 3.63) is 28.5 Å². The molecule has 1 atom stereocenters. The summed E-state index contributed by atoms with van der Waals surface area (Å²) in [5, 5.41) is 16.5. The van der Waals surface area contributed by atoms with Gasteiger partial charge < -0.3 is 25.2 Å². The van der Waals surface area contributed by atoms with Gasteiger partial charge in [-0.25, -0.2) is 14.8 Å². The second kappa shape index (κ2) is 10.5. The molecule has 12 heteroatoms. The summed E-state index contributed by atoms with van der Waals surface area (Å²) in [6, 6.07) is 2.01. The van der Waals surface area contributed by atoms with Crippen LogP contribution in [0.4, 0.5) is 16.4 Å². The van der Waals surface area contributed by atoms with Crippen LogP contribution in [0.3, 0.4) is 0 Å². The summed E-state index contributed by atoms with van der Waals surface area (Å²) in [6.07, 6.45) is 1.93. The number of hydrogen-bond donors (Lipinski definition) is 3. The van der Waals surface area contributed by atoms with Crippen LogP contribution in [0.15, 0.2) is 11.4 Å². The lowest BCUT2D eigenvalue weighted by molar-refractivity contribution is 0.0489. The number of aromatic nitrogens is 4. The highest BCUT2D eigenvalue weighted by molar-refractivity contribution is 7.59. The topological polar surface area (TPSA) is 111 Å². The number of thiophene rings is 1. The molecule has 0 bridgehead atoms. The van der Waals surface area contributed by atoms with Crippen LogP contribution in [0.2, 0.25) is 0 Å².